The smallest absolute Gasteiger partial charge is 0.0944 e. The second-order valence-corrected chi connectivity index (χ2v) is 6.01. The molecule has 2 nitrogen and oxygen atoms in total. The second kappa shape index (κ2) is 5.94. The van der Waals surface area contributed by atoms with Crippen LogP contribution < -0.4 is 5.32 Å². The van der Waals surface area contributed by atoms with E-state index in [0.717, 1.165) is 5.69 Å². The quantitative estimate of drug-likeness (QED) is 0.486. The first-order chi connectivity index (χ1) is 10.2. The summed E-state index contributed by atoms with van der Waals surface area (Å²) in [6, 6.07) is 18.7. The molecule has 0 saturated heterocycles. The van der Waals surface area contributed by atoms with Crippen molar-refractivity contribution in [3.8, 4) is 0 Å². The Morgan fingerprint density at radius 2 is 1.86 bits per heavy atom. The Hall–Kier alpha value is -2.39. The van der Waals surface area contributed by atoms with Crippen LogP contribution in [-0.2, 0) is 0 Å². The Balaban J connectivity index is 1.87. The minimum atomic E-state index is 0.453. The van der Waals surface area contributed by atoms with Gasteiger partial charge in [0.1, 0.15) is 0 Å². The summed E-state index contributed by atoms with van der Waals surface area (Å²) in [5.74, 6) is 0.453. The number of hydrogen-bond donors (Lipinski definition) is 2. The van der Waals surface area contributed by atoms with Gasteiger partial charge < -0.3 is 5.32 Å². The second-order valence-electron chi connectivity index (χ2n) is 4.90. The van der Waals surface area contributed by atoms with Crippen LogP contribution in [0.2, 0.25) is 0 Å². The molecule has 1 aromatic heterocycles. The molecule has 0 aliphatic carbocycles. The van der Waals surface area contributed by atoms with E-state index >= 15 is 0 Å². The largest absolute Gasteiger partial charge is 0.344 e. The van der Waals surface area contributed by atoms with Crippen molar-refractivity contribution in [1.29, 1.82) is 5.41 Å². The third-order valence-corrected chi connectivity index (χ3v) is 4.19. The maximum absolute atomic E-state index is 7.49. The highest BCUT2D eigenvalue weighted by Crippen LogP contribution is 2.29. The van der Waals surface area contributed by atoms with Gasteiger partial charge in [0.05, 0.1) is 5.84 Å². The van der Waals surface area contributed by atoms with E-state index in [1.807, 2.05) is 24.3 Å². The minimum absolute atomic E-state index is 0.453. The summed E-state index contributed by atoms with van der Waals surface area (Å²) in [6.07, 6.45) is 4.28. The van der Waals surface area contributed by atoms with E-state index < -0.39 is 0 Å². The Bertz CT molecular complexity index is 800. The van der Waals surface area contributed by atoms with Gasteiger partial charge in [-0.3, -0.25) is 5.41 Å². The van der Waals surface area contributed by atoms with Crippen LogP contribution in [0.25, 0.3) is 22.2 Å². The Kier molecular flexibility index (Phi) is 3.84. The Morgan fingerprint density at radius 3 is 2.62 bits per heavy atom. The van der Waals surface area contributed by atoms with E-state index in [1.165, 1.54) is 20.5 Å². The van der Waals surface area contributed by atoms with Crippen molar-refractivity contribution in [1.82, 2.24) is 0 Å². The molecule has 104 valence electrons. The van der Waals surface area contributed by atoms with Crippen LogP contribution in [0, 0.1) is 5.41 Å². The molecule has 0 saturated carbocycles. The summed E-state index contributed by atoms with van der Waals surface area (Å²) >= 11 is 1.78. The maximum Gasteiger partial charge on any atom is 0.0944 e. The number of hydrogen-bond acceptors (Lipinski definition) is 2. The van der Waals surface area contributed by atoms with E-state index in [4.69, 9.17) is 5.41 Å². The van der Waals surface area contributed by atoms with E-state index in [0.29, 0.717) is 5.84 Å². The summed E-state index contributed by atoms with van der Waals surface area (Å²) in [5, 5.41) is 11.7. The van der Waals surface area contributed by atoms with E-state index in [1.54, 1.807) is 18.3 Å². The number of amidine groups is 1. The van der Waals surface area contributed by atoms with E-state index in [9.17, 15) is 0 Å². The lowest BCUT2D eigenvalue weighted by Gasteiger charge is -2.02. The molecule has 2 aromatic carbocycles. The lowest BCUT2D eigenvalue weighted by Crippen LogP contribution is -2.04. The zero-order chi connectivity index (χ0) is 14.7. The average Bonchev–Trinajstić information content (AvgIpc) is 2.88. The van der Waals surface area contributed by atoms with Crippen molar-refractivity contribution in [2.75, 3.05) is 5.32 Å². The molecule has 0 aliphatic rings. The van der Waals surface area contributed by atoms with Gasteiger partial charge >= 0.3 is 0 Å². The summed E-state index contributed by atoms with van der Waals surface area (Å²) in [7, 11) is 0. The fourth-order valence-electron chi connectivity index (χ4n) is 2.18. The maximum atomic E-state index is 7.49. The first kappa shape index (κ1) is 13.6. The third-order valence-electron chi connectivity index (χ3n) is 3.11. The van der Waals surface area contributed by atoms with Gasteiger partial charge in [-0.2, -0.15) is 0 Å². The SMILES string of the molecule is CC(=N)Nc1ccc2sc(C=Cc3ccccc3)cc2c1. The van der Waals surface area contributed by atoms with Crippen molar-refractivity contribution < 1.29 is 0 Å². The highest BCUT2D eigenvalue weighted by molar-refractivity contribution is 7.19. The Morgan fingerprint density at radius 1 is 1.05 bits per heavy atom. The van der Waals surface area contributed by atoms with Crippen LogP contribution in [0.1, 0.15) is 17.4 Å². The fourth-order valence-corrected chi connectivity index (χ4v) is 3.13. The third kappa shape index (κ3) is 3.38. The van der Waals surface area contributed by atoms with Crippen molar-refractivity contribution in [3.05, 3.63) is 65.0 Å². The predicted octanol–water partition coefficient (Wildman–Crippen LogP) is 5.48. The molecule has 0 unspecified atom stereocenters. The summed E-state index contributed by atoms with van der Waals surface area (Å²) in [4.78, 5) is 1.23. The summed E-state index contributed by atoms with van der Waals surface area (Å²) < 4.78 is 1.26. The molecule has 3 heteroatoms. The van der Waals surface area contributed by atoms with Crippen LogP contribution in [-0.4, -0.2) is 5.84 Å². The first-order valence-electron chi connectivity index (χ1n) is 6.79. The van der Waals surface area contributed by atoms with Crippen LogP contribution in [0.3, 0.4) is 0 Å². The van der Waals surface area contributed by atoms with Gasteiger partial charge in [0.2, 0.25) is 0 Å². The van der Waals surface area contributed by atoms with Crippen LogP contribution in [0.5, 0.6) is 0 Å². The molecule has 21 heavy (non-hydrogen) atoms. The number of benzene rings is 2. The van der Waals surface area contributed by atoms with Crippen molar-refractivity contribution in [2.45, 2.75) is 6.92 Å². The highest BCUT2D eigenvalue weighted by Gasteiger charge is 2.01. The van der Waals surface area contributed by atoms with Gasteiger partial charge in [-0.15, -0.1) is 11.3 Å². The van der Waals surface area contributed by atoms with Crippen LogP contribution in [0.4, 0.5) is 5.69 Å². The molecular weight excluding hydrogens is 276 g/mol. The molecule has 0 atom stereocenters. The van der Waals surface area contributed by atoms with Crippen molar-refractivity contribution in [3.63, 3.8) is 0 Å². The number of nitrogens with one attached hydrogen (secondary N) is 2. The van der Waals surface area contributed by atoms with Crippen LogP contribution in [0.15, 0.2) is 54.6 Å². The number of fused-ring (bicyclic) bond motifs is 1. The van der Waals surface area contributed by atoms with E-state index in [-0.39, 0.29) is 0 Å². The topological polar surface area (TPSA) is 35.9 Å². The van der Waals surface area contributed by atoms with Crippen molar-refractivity contribution in [2.24, 2.45) is 0 Å². The minimum Gasteiger partial charge on any atom is -0.344 e. The van der Waals surface area contributed by atoms with Gasteiger partial charge in [-0.25, -0.2) is 0 Å². The van der Waals surface area contributed by atoms with Gasteiger partial charge in [-0.1, -0.05) is 36.4 Å². The molecule has 0 bridgehead atoms. The average molecular weight is 292 g/mol. The molecule has 0 amide bonds. The van der Waals surface area contributed by atoms with Crippen molar-refractivity contribution >= 4 is 45.1 Å². The zero-order valence-electron chi connectivity index (χ0n) is 11.8. The molecule has 3 aromatic rings. The van der Waals surface area contributed by atoms with E-state index in [2.05, 4.69) is 47.8 Å². The Labute approximate surface area is 128 Å². The molecule has 0 aliphatic heterocycles. The highest BCUT2D eigenvalue weighted by atomic mass is 32.1. The predicted molar refractivity (Wildman–Crippen MR) is 94.2 cm³/mol. The number of rotatable bonds is 3. The lowest BCUT2D eigenvalue weighted by atomic mass is 10.2. The fraction of sp³-hybridized carbons (Fsp3) is 0.0556. The van der Waals surface area contributed by atoms with Gasteiger partial charge in [0.15, 0.2) is 0 Å². The monoisotopic (exact) mass is 292 g/mol. The normalized spacial score (nSPS) is 11.1. The molecule has 0 fully saturated rings. The molecule has 0 radical (unpaired) electrons. The number of thiophene rings is 1. The first-order valence-corrected chi connectivity index (χ1v) is 7.61. The summed E-state index contributed by atoms with van der Waals surface area (Å²) in [6.45, 7) is 1.74. The molecule has 0 spiro atoms. The zero-order valence-corrected chi connectivity index (χ0v) is 12.6. The molecule has 2 N–H and O–H groups in total. The molecule has 1 heterocycles. The molecule has 3 rings (SSSR count). The van der Waals surface area contributed by atoms with Gasteiger partial charge in [0.25, 0.3) is 0 Å². The lowest BCUT2D eigenvalue weighted by molar-refractivity contribution is 1.45. The van der Waals surface area contributed by atoms with Gasteiger partial charge in [-0.05, 0) is 48.2 Å². The number of anilines is 1. The standard InChI is InChI=1S/C18H16N2S/c1-13(19)20-16-8-10-18-15(11-16)12-17(21-18)9-7-14-5-3-2-4-6-14/h2-12H,1H3,(H2,19,20). The summed E-state index contributed by atoms with van der Waals surface area (Å²) in [5.41, 5.74) is 2.17. The van der Waals surface area contributed by atoms with Gasteiger partial charge in [0, 0.05) is 15.3 Å². The molecular formula is C18H16N2S. The van der Waals surface area contributed by atoms with Crippen LogP contribution >= 0.6 is 11.3 Å².